The van der Waals surface area contributed by atoms with Gasteiger partial charge in [-0.3, -0.25) is 9.59 Å². The summed E-state index contributed by atoms with van der Waals surface area (Å²) in [4.78, 5) is 25.2. The molecule has 2 heterocycles. The number of hydrogen-bond acceptors (Lipinski definition) is 4. The molecule has 1 aliphatic heterocycles. The Balaban J connectivity index is 1.68. The van der Waals surface area contributed by atoms with Gasteiger partial charge in [-0.25, -0.2) is 9.07 Å². The van der Waals surface area contributed by atoms with E-state index in [4.69, 9.17) is 4.74 Å². The van der Waals surface area contributed by atoms with Crippen LogP contribution in [0.1, 0.15) is 18.0 Å². The molecule has 4 rings (SSSR count). The first kappa shape index (κ1) is 18.7. The van der Waals surface area contributed by atoms with Gasteiger partial charge in [-0.1, -0.05) is 6.07 Å². The predicted octanol–water partition coefficient (Wildman–Crippen LogP) is 3.53. The molecule has 1 aromatic heterocycles. The molecule has 2 amide bonds. The third kappa shape index (κ3) is 3.56. The number of rotatable bonds is 4. The number of anilines is 2. The number of amides is 2. The number of halogens is 1. The minimum Gasteiger partial charge on any atom is -0.497 e. The highest BCUT2D eigenvalue weighted by molar-refractivity contribution is 6.02. The number of methoxy groups -OCH3 is 1. The van der Waals surface area contributed by atoms with Gasteiger partial charge in [-0.05, 0) is 43.3 Å². The van der Waals surface area contributed by atoms with Crippen LogP contribution < -0.4 is 15.4 Å². The molecule has 29 heavy (non-hydrogen) atoms. The van der Waals surface area contributed by atoms with Gasteiger partial charge < -0.3 is 15.4 Å². The molecule has 1 atom stereocenters. The van der Waals surface area contributed by atoms with E-state index in [0.717, 1.165) is 0 Å². The summed E-state index contributed by atoms with van der Waals surface area (Å²) in [6.45, 7) is 1.81. The van der Waals surface area contributed by atoms with Gasteiger partial charge in [0.05, 0.1) is 19.2 Å². The average Bonchev–Trinajstić information content (AvgIpc) is 3.04. The van der Waals surface area contributed by atoms with Gasteiger partial charge in [0.1, 0.15) is 23.4 Å². The predicted molar refractivity (Wildman–Crippen MR) is 106 cm³/mol. The number of carbonyl (C=O) groups excluding carboxylic acids is 2. The number of hydrogen-bond donors (Lipinski definition) is 2. The Hall–Kier alpha value is -3.68. The SMILES string of the molecule is COc1cccc(NC(=O)[C@@H]2CC(=O)Nc3c(C)c(-c4ccc(F)cc4)nn32)c1. The zero-order valence-electron chi connectivity index (χ0n) is 15.9. The van der Waals surface area contributed by atoms with E-state index in [1.807, 2.05) is 0 Å². The van der Waals surface area contributed by atoms with E-state index >= 15 is 0 Å². The van der Waals surface area contributed by atoms with Crippen LogP contribution in [0.4, 0.5) is 15.9 Å². The fourth-order valence-corrected chi connectivity index (χ4v) is 3.35. The Morgan fingerprint density at radius 2 is 2.03 bits per heavy atom. The monoisotopic (exact) mass is 394 g/mol. The molecule has 8 heteroatoms. The first-order valence-corrected chi connectivity index (χ1v) is 9.06. The Labute approximate surface area is 166 Å². The van der Waals surface area contributed by atoms with Gasteiger partial charge in [0, 0.05) is 22.9 Å². The van der Waals surface area contributed by atoms with Crippen molar-refractivity contribution in [3.8, 4) is 17.0 Å². The molecule has 0 fully saturated rings. The highest BCUT2D eigenvalue weighted by atomic mass is 19.1. The van der Waals surface area contributed by atoms with Gasteiger partial charge >= 0.3 is 0 Å². The normalized spacial score (nSPS) is 15.4. The number of ether oxygens (including phenoxy) is 1. The Kier molecular flexibility index (Phi) is 4.75. The van der Waals surface area contributed by atoms with E-state index in [9.17, 15) is 14.0 Å². The summed E-state index contributed by atoms with van der Waals surface area (Å²) in [7, 11) is 1.54. The number of nitrogens with zero attached hydrogens (tertiary/aromatic N) is 2. The summed E-state index contributed by atoms with van der Waals surface area (Å²) in [5, 5.41) is 10.2. The fourth-order valence-electron chi connectivity index (χ4n) is 3.35. The summed E-state index contributed by atoms with van der Waals surface area (Å²) < 4.78 is 20.0. The number of aromatic nitrogens is 2. The van der Waals surface area contributed by atoms with Crippen LogP contribution in [0.5, 0.6) is 5.75 Å². The van der Waals surface area contributed by atoms with Crippen LogP contribution in [0, 0.1) is 12.7 Å². The molecule has 0 unspecified atom stereocenters. The van der Waals surface area contributed by atoms with Crippen molar-refractivity contribution in [3.63, 3.8) is 0 Å². The minimum atomic E-state index is -0.808. The van der Waals surface area contributed by atoms with Crippen LogP contribution in [0.2, 0.25) is 0 Å². The second-order valence-electron chi connectivity index (χ2n) is 6.76. The van der Waals surface area contributed by atoms with Crippen molar-refractivity contribution in [1.29, 1.82) is 0 Å². The van der Waals surface area contributed by atoms with Crippen LogP contribution in [0.25, 0.3) is 11.3 Å². The minimum absolute atomic E-state index is 0.0349. The standard InChI is InChI=1S/C21H19FN4O3/c1-12-19(13-6-8-14(22)9-7-13)25-26-17(11-18(27)24-20(12)26)21(28)23-15-4-3-5-16(10-15)29-2/h3-10,17H,11H2,1-2H3,(H,23,28)(H,24,27)/t17-/m0/s1. The molecule has 2 aromatic carbocycles. The summed E-state index contributed by atoms with van der Waals surface area (Å²) in [6, 6.07) is 12.1. The van der Waals surface area contributed by atoms with Crippen LogP contribution in [0.15, 0.2) is 48.5 Å². The Morgan fingerprint density at radius 3 is 2.76 bits per heavy atom. The lowest BCUT2D eigenvalue weighted by atomic mass is 10.1. The molecule has 3 aromatic rings. The van der Waals surface area contributed by atoms with Crippen molar-refractivity contribution in [2.24, 2.45) is 0 Å². The molecule has 1 aliphatic rings. The topological polar surface area (TPSA) is 85.2 Å². The zero-order valence-corrected chi connectivity index (χ0v) is 15.9. The summed E-state index contributed by atoms with van der Waals surface area (Å²) in [6.07, 6.45) is -0.0349. The van der Waals surface area contributed by atoms with Gasteiger partial charge in [0.2, 0.25) is 11.8 Å². The molecule has 0 bridgehead atoms. The Bertz CT molecular complexity index is 1090. The van der Waals surface area contributed by atoms with E-state index in [0.29, 0.717) is 34.1 Å². The van der Waals surface area contributed by atoms with Crippen molar-refractivity contribution >= 4 is 23.3 Å². The van der Waals surface area contributed by atoms with E-state index in [1.54, 1.807) is 50.4 Å². The van der Waals surface area contributed by atoms with Crippen LogP contribution in [0.3, 0.4) is 0 Å². The maximum Gasteiger partial charge on any atom is 0.249 e. The molecule has 0 saturated heterocycles. The van der Waals surface area contributed by atoms with E-state index < -0.39 is 6.04 Å². The zero-order chi connectivity index (χ0) is 20.5. The Morgan fingerprint density at radius 1 is 1.28 bits per heavy atom. The van der Waals surface area contributed by atoms with Crippen molar-refractivity contribution in [3.05, 3.63) is 59.9 Å². The van der Waals surface area contributed by atoms with E-state index in [2.05, 4.69) is 15.7 Å². The van der Waals surface area contributed by atoms with Crippen molar-refractivity contribution in [1.82, 2.24) is 9.78 Å². The second kappa shape index (κ2) is 7.38. The van der Waals surface area contributed by atoms with Crippen LogP contribution in [-0.4, -0.2) is 28.7 Å². The van der Waals surface area contributed by atoms with Crippen molar-refractivity contribution < 1.29 is 18.7 Å². The van der Waals surface area contributed by atoms with Gasteiger partial charge in [-0.2, -0.15) is 5.10 Å². The van der Waals surface area contributed by atoms with Crippen LogP contribution >= 0.6 is 0 Å². The van der Waals surface area contributed by atoms with Crippen molar-refractivity contribution in [2.75, 3.05) is 17.7 Å². The largest absolute Gasteiger partial charge is 0.497 e. The molecular formula is C21H19FN4O3. The molecule has 0 spiro atoms. The van der Waals surface area contributed by atoms with Gasteiger partial charge in [0.15, 0.2) is 0 Å². The molecule has 0 radical (unpaired) electrons. The summed E-state index contributed by atoms with van der Waals surface area (Å²) >= 11 is 0. The lowest BCUT2D eigenvalue weighted by Crippen LogP contribution is -2.35. The maximum absolute atomic E-state index is 13.3. The van der Waals surface area contributed by atoms with Crippen LogP contribution in [-0.2, 0) is 9.59 Å². The average molecular weight is 394 g/mol. The molecule has 2 N–H and O–H groups in total. The maximum atomic E-state index is 13.3. The summed E-state index contributed by atoms with van der Waals surface area (Å²) in [5.74, 6) is 0.100. The molecular weight excluding hydrogens is 375 g/mol. The van der Waals surface area contributed by atoms with E-state index in [-0.39, 0.29) is 24.1 Å². The smallest absolute Gasteiger partial charge is 0.249 e. The lowest BCUT2D eigenvalue weighted by Gasteiger charge is -2.24. The number of nitrogens with one attached hydrogen (secondary N) is 2. The molecule has 0 aliphatic carbocycles. The molecule has 7 nitrogen and oxygen atoms in total. The number of carbonyl (C=O) groups is 2. The highest BCUT2D eigenvalue weighted by Crippen LogP contribution is 2.34. The third-order valence-electron chi connectivity index (χ3n) is 4.84. The quantitative estimate of drug-likeness (QED) is 0.709. The molecule has 0 saturated carbocycles. The van der Waals surface area contributed by atoms with E-state index in [1.165, 1.54) is 16.8 Å². The number of fused-ring (bicyclic) bond motifs is 1. The molecule has 148 valence electrons. The first-order valence-electron chi connectivity index (χ1n) is 9.06. The summed E-state index contributed by atoms with van der Waals surface area (Å²) in [5.41, 5.74) is 2.56. The third-order valence-corrected chi connectivity index (χ3v) is 4.84. The van der Waals surface area contributed by atoms with Gasteiger partial charge in [0.25, 0.3) is 0 Å². The van der Waals surface area contributed by atoms with Crippen molar-refractivity contribution in [2.45, 2.75) is 19.4 Å². The second-order valence-corrected chi connectivity index (χ2v) is 6.76. The highest BCUT2D eigenvalue weighted by Gasteiger charge is 2.34. The lowest BCUT2D eigenvalue weighted by molar-refractivity contribution is -0.125. The van der Waals surface area contributed by atoms with Gasteiger partial charge in [-0.15, -0.1) is 0 Å². The number of benzene rings is 2. The first-order chi connectivity index (χ1) is 14.0. The fraction of sp³-hybridized carbons (Fsp3) is 0.190.